The van der Waals surface area contributed by atoms with Crippen molar-refractivity contribution in [2.75, 3.05) is 26.5 Å². The summed E-state index contributed by atoms with van der Waals surface area (Å²) in [6.45, 7) is 1.79. The van der Waals surface area contributed by atoms with Crippen LogP contribution in [-0.4, -0.2) is 50.6 Å². The fourth-order valence-corrected chi connectivity index (χ4v) is 3.77. The van der Waals surface area contributed by atoms with Gasteiger partial charge in [-0.15, -0.1) is 0 Å². The maximum atomic E-state index is 12.7. The van der Waals surface area contributed by atoms with Crippen molar-refractivity contribution in [1.29, 1.82) is 0 Å². The lowest BCUT2D eigenvalue weighted by Crippen LogP contribution is -2.24. The lowest BCUT2D eigenvalue weighted by Gasteiger charge is -2.18. The molecule has 0 aromatic heterocycles. The second-order valence-corrected chi connectivity index (χ2v) is 8.95. The number of benzene rings is 2. The van der Waals surface area contributed by atoms with Crippen molar-refractivity contribution in [1.82, 2.24) is 9.21 Å². The van der Waals surface area contributed by atoms with Gasteiger partial charge in [-0.3, -0.25) is 9.59 Å². The number of carbonyl (C=O) groups is 2. The molecule has 9 heteroatoms. The maximum absolute atomic E-state index is 12.7. The van der Waals surface area contributed by atoms with E-state index >= 15 is 0 Å². The normalized spacial score (nSPS) is 11.4. The number of nitrogens with zero attached hydrogens (tertiary/aromatic N) is 2. The smallest absolute Gasteiger partial charge is 0.255 e. The van der Waals surface area contributed by atoms with Crippen molar-refractivity contribution in [3.8, 4) is 0 Å². The number of amides is 2. The van der Waals surface area contributed by atoms with Gasteiger partial charge < -0.3 is 10.2 Å². The Labute approximate surface area is 169 Å². The van der Waals surface area contributed by atoms with E-state index < -0.39 is 15.9 Å². The highest BCUT2D eigenvalue weighted by Gasteiger charge is 2.22. The number of rotatable bonds is 6. The molecule has 0 spiro atoms. The van der Waals surface area contributed by atoms with Gasteiger partial charge in [-0.25, -0.2) is 12.7 Å². The minimum Gasteiger partial charge on any atom is -0.342 e. The van der Waals surface area contributed by atoms with Gasteiger partial charge in [0.1, 0.15) is 4.90 Å². The molecule has 1 N–H and O–H groups in total. The molecule has 0 saturated carbocycles. The summed E-state index contributed by atoms with van der Waals surface area (Å²) in [5.41, 5.74) is 1.44. The van der Waals surface area contributed by atoms with Gasteiger partial charge in [0, 0.05) is 45.9 Å². The largest absolute Gasteiger partial charge is 0.342 e. The molecule has 0 unspecified atom stereocenters. The van der Waals surface area contributed by atoms with Crippen LogP contribution in [0.5, 0.6) is 0 Å². The second kappa shape index (κ2) is 8.72. The fourth-order valence-electron chi connectivity index (χ4n) is 2.38. The summed E-state index contributed by atoms with van der Waals surface area (Å²) in [6.07, 6.45) is 0. The Morgan fingerprint density at radius 3 is 2.32 bits per heavy atom. The Hall–Kier alpha value is -2.42. The van der Waals surface area contributed by atoms with E-state index in [2.05, 4.69) is 5.32 Å². The van der Waals surface area contributed by atoms with E-state index in [0.29, 0.717) is 12.2 Å². The third kappa shape index (κ3) is 4.89. The molecule has 150 valence electrons. The quantitative estimate of drug-likeness (QED) is 0.773. The van der Waals surface area contributed by atoms with Crippen molar-refractivity contribution in [2.45, 2.75) is 18.4 Å². The van der Waals surface area contributed by atoms with Crippen molar-refractivity contribution < 1.29 is 18.0 Å². The van der Waals surface area contributed by atoms with E-state index in [4.69, 9.17) is 11.6 Å². The van der Waals surface area contributed by atoms with E-state index in [1.165, 1.54) is 44.1 Å². The molecule has 7 nitrogen and oxygen atoms in total. The highest BCUT2D eigenvalue weighted by molar-refractivity contribution is 7.89. The summed E-state index contributed by atoms with van der Waals surface area (Å²) < 4.78 is 25.8. The van der Waals surface area contributed by atoms with Crippen LogP contribution in [0.15, 0.2) is 47.4 Å². The third-order valence-corrected chi connectivity index (χ3v) is 6.46. The zero-order valence-corrected chi connectivity index (χ0v) is 17.6. The number of nitrogens with one attached hydrogen (secondary N) is 1. The molecule has 0 saturated heterocycles. The van der Waals surface area contributed by atoms with Crippen LogP contribution < -0.4 is 5.32 Å². The number of anilines is 1. The van der Waals surface area contributed by atoms with Crippen LogP contribution in [0, 0.1) is 0 Å². The first kappa shape index (κ1) is 21.9. The van der Waals surface area contributed by atoms with Crippen LogP contribution in [0.4, 0.5) is 5.69 Å². The topological polar surface area (TPSA) is 86.8 Å². The van der Waals surface area contributed by atoms with Crippen LogP contribution >= 0.6 is 11.6 Å². The van der Waals surface area contributed by atoms with Crippen LogP contribution in [-0.2, 0) is 21.4 Å². The molecule has 2 amide bonds. The molecule has 2 rings (SSSR count). The SMILES string of the molecule is CC(=O)N(C)Cc1ccccc1NC(=O)c1ccc(Cl)c(S(=O)(=O)N(C)C)c1. The standard InChI is InChI=1S/C19H22ClN3O4S/c1-13(24)23(4)12-15-7-5-6-8-17(15)21-19(25)14-9-10-16(20)18(11-14)28(26,27)22(2)3/h5-11H,12H2,1-4H3,(H,21,25). The van der Waals surface area contributed by atoms with Crippen molar-refractivity contribution in [2.24, 2.45) is 0 Å². The number of sulfonamides is 1. The average molecular weight is 424 g/mol. The van der Waals surface area contributed by atoms with E-state index in [-0.39, 0.29) is 21.4 Å². The van der Waals surface area contributed by atoms with E-state index in [1.54, 1.807) is 25.2 Å². The molecule has 0 aliphatic heterocycles. The molecule has 0 heterocycles. The summed E-state index contributed by atoms with van der Waals surface area (Å²) in [4.78, 5) is 25.6. The summed E-state index contributed by atoms with van der Waals surface area (Å²) >= 11 is 6.03. The van der Waals surface area contributed by atoms with Crippen molar-refractivity contribution in [3.63, 3.8) is 0 Å². The molecule has 0 aliphatic rings. The molecular formula is C19H22ClN3O4S. The molecule has 0 atom stereocenters. The predicted molar refractivity (Wildman–Crippen MR) is 109 cm³/mol. The minimum atomic E-state index is -3.79. The Kier molecular flexibility index (Phi) is 6.82. The number of halogens is 1. The Morgan fingerprint density at radius 2 is 1.71 bits per heavy atom. The summed E-state index contributed by atoms with van der Waals surface area (Å²) in [7, 11) is 0.651. The molecule has 2 aromatic rings. The predicted octanol–water partition coefficient (Wildman–Crippen LogP) is 2.82. The highest BCUT2D eigenvalue weighted by atomic mass is 35.5. The van der Waals surface area contributed by atoms with Gasteiger partial charge >= 0.3 is 0 Å². The molecule has 0 aliphatic carbocycles. The monoisotopic (exact) mass is 423 g/mol. The average Bonchev–Trinajstić information content (AvgIpc) is 2.63. The van der Waals surface area contributed by atoms with Gasteiger partial charge in [-0.2, -0.15) is 0 Å². The Morgan fingerprint density at radius 1 is 1.07 bits per heavy atom. The number of hydrogen-bond acceptors (Lipinski definition) is 4. The van der Waals surface area contributed by atoms with E-state index in [1.807, 2.05) is 6.07 Å². The number of para-hydroxylation sites is 1. The molecule has 28 heavy (non-hydrogen) atoms. The zero-order valence-electron chi connectivity index (χ0n) is 16.1. The first-order valence-corrected chi connectivity index (χ1v) is 10.2. The van der Waals surface area contributed by atoms with Gasteiger partial charge in [0.25, 0.3) is 5.91 Å². The summed E-state index contributed by atoms with van der Waals surface area (Å²) in [5.74, 6) is -0.581. The van der Waals surface area contributed by atoms with Gasteiger partial charge in [0.05, 0.1) is 5.02 Å². The van der Waals surface area contributed by atoms with E-state index in [9.17, 15) is 18.0 Å². The minimum absolute atomic E-state index is 0.0359. The molecule has 2 aromatic carbocycles. The molecule has 0 radical (unpaired) electrons. The van der Waals surface area contributed by atoms with Gasteiger partial charge in [-0.05, 0) is 29.8 Å². The molecule has 0 bridgehead atoms. The summed E-state index contributed by atoms with van der Waals surface area (Å²) in [6, 6.07) is 11.2. The Balaban J connectivity index is 2.33. The fraction of sp³-hybridized carbons (Fsp3) is 0.263. The highest BCUT2D eigenvalue weighted by Crippen LogP contribution is 2.25. The van der Waals surface area contributed by atoms with Gasteiger partial charge in [0.2, 0.25) is 15.9 Å². The lowest BCUT2D eigenvalue weighted by molar-refractivity contribution is -0.128. The zero-order chi connectivity index (χ0) is 21.1. The lowest BCUT2D eigenvalue weighted by atomic mass is 10.1. The van der Waals surface area contributed by atoms with Crippen LogP contribution in [0.25, 0.3) is 0 Å². The number of carbonyl (C=O) groups excluding carboxylic acids is 2. The van der Waals surface area contributed by atoms with Gasteiger partial charge in [-0.1, -0.05) is 29.8 Å². The molecule has 0 fully saturated rings. The van der Waals surface area contributed by atoms with Crippen molar-refractivity contribution in [3.05, 3.63) is 58.6 Å². The van der Waals surface area contributed by atoms with E-state index in [0.717, 1.165) is 9.87 Å². The maximum Gasteiger partial charge on any atom is 0.255 e. The molecular weight excluding hydrogens is 402 g/mol. The van der Waals surface area contributed by atoms with Crippen LogP contribution in [0.3, 0.4) is 0 Å². The Bertz CT molecular complexity index is 1010. The number of hydrogen-bond donors (Lipinski definition) is 1. The first-order valence-electron chi connectivity index (χ1n) is 8.37. The third-order valence-electron chi connectivity index (χ3n) is 4.16. The van der Waals surface area contributed by atoms with Crippen LogP contribution in [0.2, 0.25) is 5.02 Å². The second-order valence-electron chi connectivity index (χ2n) is 6.42. The van der Waals surface area contributed by atoms with Crippen LogP contribution in [0.1, 0.15) is 22.8 Å². The van der Waals surface area contributed by atoms with Crippen molar-refractivity contribution >= 4 is 39.1 Å². The first-order chi connectivity index (χ1) is 13.0. The van der Waals surface area contributed by atoms with Gasteiger partial charge in [0.15, 0.2) is 0 Å². The summed E-state index contributed by atoms with van der Waals surface area (Å²) in [5, 5.41) is 2.81.